The van der Waals surface area contributed by atoms with Crippen LogP contribution in [0, 0.1) is 24.1 Å². The lowest BCUT2D eigenvalue weighted by Crippen LogP contribution is -2.28. The van der Waals surface area contributed by atoms with Crippen molar-refractivity contribution in [1.82, 2.24) is 15.0 Å². The summed E-state index contributed by atoms with van der Waals surface area (Å²) in [6.07, 6.45) is 3.21. The number of nitrogens with one attached hydrogen (secondary N) is 2. The van der Waals surface area contributed by atoms with E-state index in [0.29, 0.717) is 28.7 Å². The third-order valence-corrected chi connectivity index (χ3v) is 5.25. The van der Waals surface area contributed by atoms with Crippen molar-refractivity contribution in [3.05, 3.63) is 89.1 Å². The van der Waals surface area contributed by atoms with Gasteiger partial charge in [-0.05, 0) is 48.4 Å². The molecule has 0 radical (unpaired) electrons. The number of fused-ring (bicyclic) bond motifs is 1. The Balaban J connectivity index is 1.85. The SMILES string of the molecule is Cc1ccc(Nc2c(C(=O)NOCCO)n(Cc3ccc(C#N)cc3)c3ccncc23)c(F)c1. The summed E-state index contributed by atoms with van der Waals surface area (Å²) in [4.78, 5) is 22.5. The van der Waals surface area contributed by atoms with Crippen molar-refractivity contribution < 1.29 is 19.1 Å². The van der Waals surface area contributed by atoms with Crippen LogP contribution in [0.4, 0.5) is 15.8 Å². The largest absolute Gasteiger partial charge is 0.394 e. The molecule has 0 aliphatic rings. The van der Waals surface area contributed by atoms with E-state index in [1.54, 1.807) is 54.2 Å². The molecule has 0 atom stereocenters. The molecule has 2 heterocycles. The normalized spacial score (nSPS) is 10.8. The molecule has 8 nitrogen and oxygen atoms in total. The highest BCUT2D eigenvalue weighted by Crippen LogP contribution is 2.34. The van der Waals surface area contributed by atoms with E-state index >= 15 is 0 Å². The highest BCUT2D eigenvalue weighted by molar-refractivity contribution is 6.09. The summed E-state index contributed by atoms with van der Waals surface area (Å²) in [5, 5.41) is 21.7. The molecule has 4 aromatic rings. The number of hydroxylamine groups is 1. The maximum absolute atomic E-state index is 14.7. The number of benzene rings is 2. The van der Waals surface area contributed by atoms with Gasteiger partial charge in [0.25, 0.3) is 5.91 Å². The summed E-state index contributed by atoms with van der Waals surface area (Å²) in [5.74, 6) is -1.03. The van der Waals surface area contributed by atoms with Crippen LogP contribution in [0.15, 0.2) is 60.9 Å². The monoisotopic (exact) mass is 459 g/mol. The van der Waals surface area contributed by atoms with Crippen LogP contribution in [-0.4, -0.2) is 33.8 Å². The van der Waals surface area contributed by atoms with E-state index in [1.165, 1.54) is 6.07 Å². The number of rotatable bonds is 8. The number of aromatic nitrogens is 2. The third kappa shape index (κ3) is 4.73. The number of aliphatic hydroxyl groups is 1. The summed E-state index contributed by atoms with van der Waals surface area (Å²) in [6, 6.07) is 15.6. The van der Waals surface area contributed by atoms with Gasteiger partial charge in [0.15, 0.2) is 0 Å². The van der Waals surface area contributed by atoms with Gasteiger partial charge in [-0.1, -0.05) is 18.2 Å². The number of hydrogen-bond acceptors (Lipinski definition) is 6. The second-order valence-electron chi connectivity index (χ2n) is 7.62. The molecule has 2 aromatic heterocycles. The fourth-order valence-electron chi connectivity index (χ4n) is 3.66. The number of anilines is 2. The Morgan fingerprint density at radius 2 is 2.03 bits per heavy atom. The number of aryl methyl sites for hydroxylation is 1. The van der Waals surface area contributed by atoms with E-state index in [2.05, 4.69) is 21.9 Å². The average Bonchev–Trinajstić information content (AvgIpc) is 3.14. The highest BCUT2D eigenvalue weighted by Gasteiger charge is 2.24. The summed E-state index contributed by atoms with van der Waals surface area (Å²) in [7, 11) is 0. The first-order valence-electron chi connectivity index (χ1n) is 10.5. The number of amides is 1. The summed E-state index contributed by atoms with van der Waals surface area (Å²) < 4.78 is 16.4. The van der Waals surface area contributed by atoms with Crippen molar-refractivity contribution in [2.75, 3.05) is 18.5 Å². The van der Waals surface area contributed by atoms with Crippen LogP contribution >= 0.6 is 0 Å². The maximum Gasteiger partial charge on any atom is 0.293 e. The Hall–Kier alpha value is -4.26. The van der Waals surface area contributed by atoms with Crippen molar-refractivity contribution in [3.8, 4) is 6.07 Å². The van der Waals surface area contributed by atoms with Gasteiger partial charge >= 0.3 is 0 Å². The van der Waals surface area contributed by atoms with E-state index < -0.39 is 11.7 Å². The summed E-state index contributed by atoms with van der Waals surface area (Å²) in [5.41, 5.74) is 5.95. The fourth-order valence-corrected chi connectivity index (χ4v) is 3.66. The third-order valence-electron chi connectivity index (χ3n) is 5.25. The molecule has 3 N–H and O–H groups in total. The minimum Gasteiger partial charge on any atom is -0.394 e. The zero-order valence-electron chi connectivity index (χ0n) is 18.4. The molecule has 0 fully saturated rings. The molecule has 0 saturated carbocycles. The Morgan fingerprint density at radius 1 is 1.24 bits per heavy atom. The van der Waals surface area contributed by atoms with Gasteiger partial charge < -0.3 is 15.0 Å². The molecule has 0 spiro atoms. The fraction of sp³-hybridized carbons (Fsp3) is 0.160. The summed E-state index contributed by atoms with van der Waals surface area (Å²) >= 11 is 0. The Labute approximate surface area is 195 Å². The van der Waals surface area contributed by atoms with Gasteiger partial charge in [0.1, 0.15) is 11.5 Å². The lowest BCUT2D eigenvalue weighted by Gasteiger charge is -2.14. The van der Waals surface area contributed by atoms with Gasteiger partial charge in [-0.3, -0.25) is 14.6 Å². The maximum atomic E-state index is 14.7. The van der Waals surface area contributed by atoms with Gasteiger partial charge in [-0.15, -0.1) is 0 Å². The molecule has 0 aliphatic heterocycles. The molecule has 4 rings (SSSR count). The Bertz CT molecular complexity index is 1380. The van der Waals surface area contributed by atoms with Gasteiger partial charge in [0.05, 0.1) is 41.7 Å². The standard InChI is InChI=1S/C25H22FN5O3/c1-16-2-7-21(20(26)12-16)29-23-19-14-28-9-8-22(19)31(24(23)25(33)30-34-11-10-32)15-18-5-3-17(13-27)4-6-18/h2-9,12,14,29,32H,10-11,15H2,1H3,(H,30,33). The zero-order valence-corrected chi connectivity index (χ0v) is 18.4. The van der Waals surface area contributed by atoms with Crippen LogP contribution in [0.25, 0.3) is 10.9 Å². The van der Waals surface area contributed by atoms with Crippen molar-refractivity contribution in [2.45, 2.75) is 13.5 Å². The quantitative estimate of drug-likeness (QED) is 0.273. The number of hydrogen-bond donors (Lipinski definition) is 3. The Kier molecular flexibility index (Phi) is 6.82. The molecule has 0 bridgehead atoms. The van der Waals surface area contributed by atoms with Gasteiger partial charge in [0.2, 0.25) is 0 Å². The second kappa shape index (κ2) is 10.1. The Morgan fingerprint density at radius 3 is 2.74 bits per heavy atom. The molecule has 0 saturated heterocycles. The number of nitriles is 1. The first-order chi connectivity index (χ1) is 16.5. The molecule has 9 heteroatoms. The van der Waals surface area contributed by atoms with Crippen LogP contribution in [0.3, 0.4) is 0 Å². The molecule has 172 valence electrons. The first-order valence-corrected chi connectivity index (χ1v) is 10.5. The number of carbonyl (C=O) groups excluding carboxylic acids is 1. The number of carbonyl (C=O) groups is 1. The number of pyridine rings is 1. The van der Waals surface area contributed by atoms with E-state index in [9.17, 15) is 9.18 Å². The minimum absolute atomic E-state index is 0.0848. The molecular weight excluding hydrogens is 437 g/mol. The molecule has 34 heavy (non-hydrogen) atoms. The van der Waals surface area contributed by atoms with Crippen LogP contribution in [0.1, 0.15) is 27.2 Å². The van der Waals surface area contributed by atoms with Crippen LogP contribution in [0.5, 0.6) is 0 Å². The number of halogens is 1. The molecule has 0 unspecified atom stereocenters. The van der Waals surface area contributed by atoms with Gasteiger partial charge in [-0.2, -0.15) is 5.26 Å². The van der Waals surface area contributed by atoms with E-state index in [4.69, 9.17) is 15.2 Å². The number of nitrogens with zero attached hydrogens (tertiary/aromatic N) is 3. The molecule has 1 amide bonds. The predicted molar refractivity (Wildman–Crippen MR) is 125 cm³/mol. The molecule has 2 aromatic carbocycles. The molecular formula is C25H22FN5O3. The van der Waals surface area contributed by atoms with Crippen LogP contribution in [0.2, 0.25) is 0 Å². The number of aliphatic hydroxyl groups excluding tert-OH is 1. The first kappa shape index (κ1) is 22.9. The van der Waals surface area contributed by atoms with Crippen molar-refractivity contribution >= 4 is 28.2 Å². The predicted octanol–water partition coefficient (Wildman–Crippen LogP) is 3.80. The van der Waals surface area contributed by atoms with Crippen LogP contribution < -0.4 is 10.8 Å². The topological polar surface area (TPSA) is 112 Å². The zero-order chi connectivity index (χ0) is 24.1. The minimum atomic E-state index is -0.576. The van der Waals surface area contributed by atoms with Crippen LogP contribution in [-0.2, 0) is 11.4 Å². The highest BCUT2D eigenvalue weighted by atomic mass is 19.1. The van der Waals surface area contributed by atoms with Gasteiger partial charge in [-0.25, -0.2) is 9.87 Å². The van der Waals surface area contributed by atoms with E-state index in [-0.39, 0.29) is 24.6 Å². The summed E-state index contributed by atoms with van der Waals surface area (Å²) in [6.45, 7) is 1.74. The van der Waals surface area contributed by atoms with E-state index in [1.807, 2.05) is 12.1 Å². The smallest absolute Gasteiger partial charge is 0.293 e. The lowest BCUT2D eigenvalue weighted by atomic mass is 10.1. The van der Waals surface area contributed by atoms with Crippen molar-refractivity contribution in [3.63, 3.8) is 0 Å². The van der Waals surface area contributed by atoms with Crippen molar-refractivity contribution in [2.24, 2.45) is 0 Å². The van der Waals surface area contributed by atoms with Crippen molar-refractivity contribution in [1.29, 1.82) is 5.26 Å². The van der Waals surface area contributed by atoms with Gasteiger partial charge in [0, 0.05) is 24.3 Å². The van der Waals surface area contributed by atoms with E-state index in [0.717, 1.165) is 11.1 Å². The molecule has 0 aliphatic carbocycles. The lowest BCUT2D eigenvalue weighted by molar-refractivity contribution is 0.0163. The average molecular weight is 459 g/mol. The second-order valence-corrected chi connectivity index (χ2v) is 7.62.